The van der Waals surface area contributed by atoms with Gasteiger partial charge in [0.25, 0.3) is 0 Å². The van der Waals surface area contributed by atoms with Crippen LogP contribution in [0, 0.1) is 10.8 Å². The smallest absolute Gasteiger partial charge is 0.339 e. The highest BCUT2D eigenvalue weighted by Gasteiger charge is 2.73. The number of carbonyl (C=O) groups is 1. The van der Waals surface area contributed by atoms with E-state index in [1.165, 1.54) is 6.07 Å². The van der Waals surface area contributed by atoms with Gasteiger partial charge in [-0.15, -0.1) is 0 Å². The number of fused-ring (bicyclic) bond motifs is 3. The molecular weight excluding hydrogens is 546 g/mol. The van der Waals surface area contributed by atoms with Crippen LogP contribution < -0.4 is 4.90 Å². The summed E-state index contributed by atoms with van der Waals surface area (Å²) >= 11 is 0. The fourth-order valence-electron chi connectivity index (χ4n) is 8.30. The molecule has 0 spiro atoms. The second-order valence-corrected chi connectivity index (χ2v) is 14.0. The molecule has 3 aromatic rings. The Bertz CT molecular complexity index is 1530. The lowest BCUT2D eigenvalue weighted by Crippen LogP contribution is -2.71. The molecule has 7 aliphatic carbocycles. The zero-order valence-electron chi connectivity index (χ0n) is 23.4. The maximum absolute atomic E-state index is 14.5. The van der Waals surface area contributed by atoms with Crippen LogP contribution in [0.5, 0.6) is 0 Å². The highest BCUT2D eigenvalue weighted by molar-refractivity contribution is 6.00. The first kappa shape index (κ1) is 26.4. The molecule has 220 valence electrons. The molecule has 7 saturated carbocycles. The van der Waals surface area contributed by atoms with Crippen LogP contribution in [-0.4, -0.2) is 28.3 Å². The minimum atomic E-state index is -4.45. The lowest BCUT2D eigenvalue weighted by atomic mass is 9.41. The predicted octanol–water partition coefficient (Wildman–Crippen LogP) is 8.15. The average Bonchev–Trinajstić information content (AvgIpc) is 3.69. The van der Waals surface area contributed by atoms with Gasteiger partial charge in [0.15, 0.2) is 5.82 Å². The van der Waals surface area contributed by atoms with E-state index in [4.69, 9.17) is 9.51 Å². The number of halogens is 4. The number of hydrogen-bond acceptors (Lipinski definition) is 4. The molecule has 4 bridgehead atoms. The molecule has 5 nitrogen and oxygen atoms in total. The summed E-state index contributed by atoms with van der Waals surface area (Å²) in [4.78, 5) is 20.8. The van der Waals surface area contributed by atoms with Crippen LogP contribution in [0.1, 0.15) is 93.8 Å². The van der Waals surface area contributed by atoms with Crippen molar-refractivity contribution in [2.24, 2.45) is 10.8 Å². The number of benzene rings is 2. The van der Waals surface area contributed by atoms with E-state index in [1.807, 2.05) is 17.0 Å². The third-order valence-electron chi connectivity index (χ3n) is 11.1. The molecule has 0 unspecified atom stereocenters. The van der Waals surface area contributed by atoms with Gasteiger partial charge in [-0.05, 0) is 111 Å². The summed E-state index contributed by atoms with van der Waals surface area (Å²) in [7, 11) is 0. The van der Waals surface area contributed by atoms with Gasteiger partial charge in [0.1, 0.15) is 5.67 Å². The Morgan fingerprint density at radius 1 is 0.929 bits per heavy atom. The largest absolute Gasteiger partial charge is 0.416 e. The highest BCUT2D eigenvalue weighted by atomic mass is 19.4. The van der Waals surface area contributed by atoms with Crippen molar-refractivity contribution < 1.29 is 26.9 Å². The fourth-order valence-corrected chi connectivity index (χ4v) is 8.30. The zero-order chi connectivity index (χ0) is 29.0. The Balaban J connectivity index is 1.08. The summed E-state index contributed by atoms with van der Waals surface area (Å²) in [6.45, 7) is 0.520. The summed E-state index contributed by atoms with van der Waals surface area (Å²) in [5.74, 6) is 1.99. The van der Waals surface area contributed by atoms with Crippen molar-refractivity contribution in [2.45, 2.75) is 93.8 Å². The number of hydrogen-bond donors (Lipinski definition) is 0. The normalized spacial score (nSPS) is 33.1. The van der Waals surface area contributed by atoms with Gasteiger partial charge in [0.05, 0.1) is 11.0 Å². The van der Waals surface area contributed by atoms with E-state index in [9.17, 15) is 22.4 Å². The lowest BCUT2D eigenvalue weighted by molar-refractivity contribution is -0.211. The summed E-state index contributed by atoms with van der Waals surface area (Å²) < 4.78 is 60.6. The topological polar surface area (TPSA) is 59.2 Å². The number of amides is 1. The van der Waals surface area contributed by atoms with Crippen LogP contribution in [0.15, 0.2) is 53.1 Å². The Hall–Kier alpha value is -3.23. The first-order chi connectivity index (χ1) is 20.0. The van der Waals surface area contributed by atoms with Crippen molar-refractivity contribution in [3.8, 4) is 11.1 Å². The van der Waals surface area contributed by atoms with Crippen LogP contribution in [0.3, 0.4) is 0 Å². The lowest BCUT2D eigenvalue weighted by Gasteiger charge is -2.65. The SMILES string of the molecule is O=C(N(CC12CCC(c3nc(C4CC4)no3)(CC1)CC2)c1cccc(-c2cccc(C(F)(F)F)c2)c1)C12CC(F)(C1)C2. The van der Waals surface area contributed by atoms with Crippen molar-refractivity contribution in [3.05, 3.63) is 65.8 Å². The standard InChI is InChI=1S/C33H33F4N3O2/c34-32-17-31(18-32,19-32)28(41)40(25-6-2-4-23(16-25)22-3-1-5-24(15-22)33(35,36)37)20-29-9-12-30(13-10-29,14-11-29)27-38-26(39-42-27)21-7-8-21/h1-6,15-16,21H,7-14,17-20H2. The van der Waals surface area contributed by atoms with Crippen molar-refractivity contribution in [1.82, 2.24) is 10.1 Å². The summed E-state index contributed by atoms with van der Waals surface area (Å²) in [6, 6.07) is 12.5. The third-order valence-corrected chi connectivity index (χ3v) is 11.1. The Morgan fingerprint density at radius 2 is 1.57 bits per heavy atom. The maximum Gasteiger partial charge on any atom is 0.416 e. The van der Waals surface area contributed by atoms with E-state index < -0.39 is 22.8 Å². The Labute approximate surface area is 241 Å². The minimum Gasteiger partial charge on any atom is -0.339 e. The molecule has 0 atom stereocenters. The van der Waals surface area contributed by atoms with Gasteiger partial charge >= 0.3 is 6.18 Å². The van der Waals surface area contributed by atoms with Gasteiger partial charge in [-0.2, -0.15) is 18.2 Å². The molecule has 1 amide bonds. The molecule has 0 N–H and O–H groups in total. The fraction of sp³-hybridized carbons (Fsp3) is 0.545. The second kappa shape index (κ2) is 8.66. The van der Waals surface area contributed by atoms with Crippen molar-refractivity contribution in [2.75, 3.05) is 11.4 Å². The Morgan fingerprint density at radius 3 is 2.19 bits per heavy atom. The summed E-state index contributed by atoms with van der Waals surface area (Å²) in [5.41, 5.74) is -1.05. The molecule has 42 heavy (non-hydrogen) atoms. The van der Waals surface area contributed by atoms with E-state index in [2.05, 4.69) is 5.16 Å². The van der Waals surface area contributed by atoms with Gasteiger partial charge in [0.2, 0.25) is 11.8 Å². The summed E-state index contributed by atoms with van der Waals surface area (Å²) in [5, 5.41) is 4.27. The number of aromatic nitrogens is 2. The molecule has 7 fully saturated rings. The molecule has 0 saturated heterocycles. The minimum absolute atomic E-state index is 0.0500. The van der Waals surface area contributed by atoms with E-state index in [0.717, 1.165) is 75.2 Å². The molecule has 1 heterocycles. The third kappa shape index (κ3) is 4.13. The maximum atomic E-state index is 14.5. The van der Waals surface area contributed by atoms with Gasteiger partial charge in [-0.25, -0.2) is 4.39 Å². The van der Waals surface area contributed by atoms with Gasteiger partial charge in [-0.3, -0.25) is 4.79 Å². The molecule has 9 heteroatoms. The number of alkyl halides is 4. The van der Waals surface area contributed by atoms with Gasteiger partial charge in [0, 0.05) is 23.6 Å². The summed E-state index contributed by atoms with van der Waals surface area (Å²) in [6.07, 6.45) is 4.12. The van der Waals surface area contributed by atoms with Crippen molar-refractivity contribution in [3.63, 3.8) is 0 Å². The molecule has 10 rings (SSSR count). The average molecular weight is 580 g/mol. The van der Waals surface area contributed by atoms with Crippen LogP contribution in [-0.2, 0) is 16.4 Å². The quantitative estimate of drug-likeness (QED) is 0.265. The van der Waals surface area contributed by atoms with Crippen LogP contribution in [0.2, 0.25) is 0 Å². The molecule has 1 aromatic heterocycles. The Kier molecular flexibility index (Phi) is 5.45. The van der Waals surface area contributed by atoms with E-state index in [-0.39, 0.29) is 36.0 Å². The zero-order valence-corrected chi connectivity index (χ0v) is 23.4. The number of carbonyl (C=O) groups excluding carboxylic acids is 1. The van der Waals surface area contributed by atoms with E-state index in [1.54, 1.807) is 18.2 Å². The molecule has 2 aromatic carbocycles. The first-order valence-corrected chi connectivity index (χ1v) is 15.1. The molecule has 7 aliphatic rings. The second-order valence-electron chi connectivity index (χ2n) is 14.0. The number of rotatable bonds is 7. The number of nitrogens with zero attached hydrogens (tertiary/aromatic N) is 3. The monoisotopic (exact) mass is 579 g/mol. The van der Waals surface area contributed by atoms with E-state index in [0.29, 0.717) is 29.3 Å². The van der Waals surface area contributed by atoms with Crippen LogP contribution >= 0.6 is 0 Å². The van der Waals surface area contributed by atoms with E-state index >= 15 is 0 Å². The molecular formula is C33H33F4N3O2. The van der Waals surface area contributed by atoms with Gasteiger partial charge in [-0.1, -0.05) is 29.4 Å². The first-order valence-electron chi connectivity index (χ1n) is 15.1. The predicted molar refractivity (Wildman–Crippen MR) is 147 cm³/mol. The van der Waals surface area contributed by atoms with Crippen LogP contribution in [0.4, 0.5) is 23.2 Å². The van der Waals surface area contributed by atoms with Crippen LogP contribution in [0.25, 0.3) is 11.1 Å². The molecule has 0 aliphatic heterocycles. The number of anilines is 1. The molecule has 0 radical (unpaired) electrons. The van der Waals surface area contributed by atoms with Gasteiger partial charge < -0.3 is 9.42 Å². The highest BCUT2D eigenvalue weighted by Crippen LogP contribution is 2.70. The van der Waals surface area contributed by atoms with Crippen molar-refractivity contribution in [1.29, 1.82) is 0 Å². The van der Waals surface area contributed by atoms with Crippen molar-refractivity contribution >= 4 is 11.6 Å².